The van der Waals surface area contributed by atoms with E-state index in [2.05, 4.69) is 0 Å². The number of carboxylic acid groups (broad SMARTS) is 1. The van der Waals surface area contributed by atoms with Crippen LogP contribution in [0, 0.1) is 0 Å². The van der Waals surface area contributed by atoms with E-state index in [9.17, 15) is 4.79 Å². The Hall–Kier alpha value is -1.36. The molecule has 1 fully saturated rings. The number of methoxy groups -OCH3 is 1. The maximum atomic E-state index is 10.9. The first-order valence-electron chi connectivity index (χ1n) is 5.86. The average Bonchev–Trinajstić information content (AvgIpc) is 2.40. The fourth-order valence-corrected chi connectivity index (χ4v) is 2.92. The predicted molar refractivity (Wildman–Crippen MR) is 70.9 cm³/mol. The Morgan fingerprint density at radius 1 is 1.44 bits per heavy atom. The minimum atomic E-state index is -0.965. The second-order valence-electron chi connectivity index (χ2n) is 4.13. The van der Waals surface area contributed by atoms with E-state index in [1.165, 1.54) is 25.0 Å². The van der Waals surface area contributed by atoms with E-state index >= 15 is 0 Å². The number of hydrogen-bond acceptors (Lipinski definition) is 4. The van der Waals surface area contributed by atoms with Crippen molar-refractivity contribution in [3.63, 3.8) is 0 Å². The Labute approximate surface area is 110 Å². The van der Waals surface area contributed by atoms with Crippen molar-refractivity contribution in [1.29, 1.82) is 0 Å². The lowest BCUT2D eigenvalue weighted by molar-refractivity contribution is 0.0696. The summed E-state index contributed by atoms with van der Waals surface area (Å²) >= 11 is 1.88. The third-order valence-corrected chi connectivity index (χ3v) is 4.01. The van der Waals surface area contributed by atoms with Gasteiger partial charge in [-0.1, -0.05) is 0 Å². The smallest absolute Gasteiger partial charge is 0.335 e. The normalized spacial score (nSPS) is 19.3. The van der Waals surface area contributed by atoms with Crippen LogP contribution in [0.2, 0.25) is 0 Å². The number of thioether (sulfide) groups is 1. The number of benzene rings is 1. The van der Waals surface area contributed by atoms with Crippen LogP contribution in [-0.2, 0) is 0 Å². The van der Waals surface area contributed by atoms with Crippen LogP contribution >= 0.6 is 11.8 Å². The van der Waals surface area contributed by atoms with Crippen molar-refractivity contribution in [3.05, 3.63) is 23.8 Å². The quantitative estimate of drug-likeness (QED) is 0.909. The first-order chi connectivity index (χ1) is 8.70. The fourth-order valence-electron chi connectivity index (χ4n) is 1.88. The molecule has 5 heteroatoms. The first-order valence-corrected chi connectivity index (χ1v) is 7.02. The zero-order chi connectivity index (χ0) is 13.0. The van der Waals surface area contributed by atoms with Gasteiger partial charge in [0.2, 0.25) is 0 Å². The van der Waals surface area contributed by atoms with E-state index in [0.717, 1.165) is 18.6 Å². The number of carbonyl (C=O) groups is 1. The van der Waals surface area contributed by atoms with E-state index < -0.39 is 5.97 Å². The van der Waals surface area contributed by atoms with Gasteiger partial charge in [0.05, 0.1) is 12.7 Å². The second-order valence-corrected chi connectivity index (χ2v) is 5.28. The highest BCUT2D eigenvalue weighted by atomic mass is 32.2. The molecular formula is C13H16O4S. The van der Waals surface area contributed by atoms with Gasteiger partial charge in [-0.3, -0.25) is 0 Å². The highest BCUT2D eigenvalue weighted by Crippen LogP contribution is 2.31. The molecule has 1 unspecified atom stereocenters. The molecule has 0 spiro atoms. The van der Waals surface area contributed by atoms with Crippen LogP contribution in [0.5, 0.6) is 11.5 Å². The first kappa shape index (κ1) is 13.1. The lowest BCUT2D eigenvalue weighted by Crippen LogP contribution is -2.23. The van der Waals surface area contributed by atoms with Crippen LogP contribution in [0.4, 0.5) is 0 Å². The van der Waals surface area contributed by atoms with E-state index in [0.29, 0.717) is 11.5 Å². The molecule has 1 aromatic carbocycles. The molecular weight excluding hydrogens is 252 g/mol. The zero-order valence-corrected chi connectivity index (χ0v) is 11.0. The molecule has 2 rings (SSSR count). The lowest BCUT2D eigenvalue weighted by Gasteiger charge is -2.23. The highest BCUT2D eigenvalue weighted by molar-refractivity contribution is 7.99. The molecule has 18 heavy (non-hydrogen) atoms. The van der Waals surface area contributed by atoms with Gasteiger partial charge >= 0.3 is 5.97 Å². The molecule has 1 saturated heterocycles. The van der Waals surface area contributed by atoms with Crippen molar-refractivity contribution in [2.75, 3.05) is 18.6 Å². The Morgan fingerprint density at radius 2 is 2.28 bits per heavy atom. The molecule has 0 aliphatic carbocycles. The Kier molecular flexibility index (Phi) is 4.36. The van der Waals surface area contributed by atoms with E-state index in [1.807, 2.05) is 11.8 Å². The van der Waals surface area contributed by atoms with E-state index in [-0.39, 0.29) is 11.7 Å². The molecule has 0 radical (unpaired) electrons. The fraction of sp³-hybridized carbons (Fsp3) is 0.462. The molecule has 4 nitrogen and oxygen atoms in total. The Bertz CT molecular complexity index is 427. The SMILES string of the molecule is COc1cc(C(=O)O)ccc1OC1CCCSC1. The van der Waals surface area contributed by atoms with Crippen LogP contribution in [0.25, 0.3) is 0 Å². The molecule has 1 aromatic rings. The van der Waals surface area contributed by atoms with Gasteiger partial charge in [0.15, 0.2) is 11.5 Å². The van der Waals surface area contributed by atoms with Gasteiger partial charge in [-0.25, -0.2) is 4.79 Å². The zero-order valence-electron chi connectivity index (χ0n) is 10.2. The van der Waals surface area contributed by atoms with Crippen LogP contribution in [-0.4, -0.2) is 35.8 Å². The number of aromatic carboxylic acids is 1. The summed E-state index contributed by atoms with van der Waals surface area (Å²) in [5.74, 6) is 2.30. The summed E-state index contributed by atoms with van der Waals surface area (Å²) in [6.07, 6.45) is 2.38. The Balaban J connectivity index is 2.13. The van der Waals surface area contributed by atoms with Crippen molar-refractivity contribution < 1.29 is 19.4 Å². The topological polar surface area (TPSA) is 55.8 Å². The van der Waals surface area contributed by atoms with Crippen molar-refractivity contribution >= 4 is 17.7 Å². The summed E-state index contributed by atoms with van der Waals surface area (Å²) < 4.78 is 11.1. The second kappa shape index (κ2) is 6.00. The molecule has 1 N–H and O–H groups in total. The van der Waals surface area contributed by atoms with Crippen molar-refractivity contribution in [3.8, 4) is 11.5 Å². The maximum Gasteiger partial charge on any atom is 0.335 e. The predicted octanol–water partition coefficient (Wildman–Crippen LogP) is 2.67. The van der Waals surface area contributed by atoms with Gasteiger partial charge in [-0.05, 0) is 36.8 Å². The summed E-state index contributed by atoms with van der Waals surface area (Å²) in [4.78, 5) is 10.9. The van der Waals surface area contributed by atoms with Crippen molar-refractivity contribution in [2.24, 2.45) is 0 Å². The summed E-state index contributed by atoms with van der Waals surface area (Å²) in [5.41, 5.74) is 0.206. The van der Waals surface area contributed by atoms with Crippen molar-refractivity contribution in [2.45, 2.75) is 18.9 Å². The van der Waals surface area contributed by atoms with Crippen LogP contribution in [0.3, 0.4) is 0 Å². The van der Waals surface area contributed by atoms with E-state index in [4.69, 9.17) is 14.6 Å². The third-order valence-electron chi connectivity index (χ3n) is 2.82. The summed E-state index contributed by atoms with van der Waals surface area (Å²) in [6.45, 7) is 0. The Morgan fingerprint density at radius 3 is 2.89 bits per heavy atom. The molecule has 0 bridgehead atoms. The minimum Gasteiger partial charge on any atom is -0.493 e. The largest absolute Gasteiger partial charge is 0.493 e. The molecule has 0 saturated carbocycles. The highest BCUT2D eigenvalue weighted by Gasteiger charge is 2.18. The summed E-state index contributed by atoms with van der Waals surface area (Å²) in [6, 6.07) is 4.70. The summed E-state index contributed by atoms with van der Waals surface area (Å²) in [7, 11) is 1.52. The van der Waals surface area contributed by atoms with E-state index in [1.54, 1.807) is 6.07 Å². The van der Waals surface area contributed by atoms with Crippen LogP contribution in [0.1, 0.15) is 23.2 Å². The summed E-state index contributed by atoms with van der Waals surface area (Å²) in [5, 5.41) is 8.92. The molecule has 98 valence electrons. The van der Waals surface area contributed by atoms with Crippen LogP contribution in [0.15, 0.2) is 18.2 Å². The number of ether oxygens (including phenoxy) is 2. The molecule has 0 aromatic heterocycles. The van der Waals surface area contributed by atoms with Crippen molar-refractivity contribution in [1.82, 2.24) is 0 Å². The number of carboxylic acids is 1. The van der Waals surface area contributed by atoms with Gasteiger partial charge in [0, 0.05) is 5.75 Å². The van der Waals surface area contributed by atoms with Gasteiger partial charge in [0.25, 0.3) is 0 Å². The lowest BCUT2D eigenvalue weighted by atomic mass is 10.2. The minimum absolute atomic E-state index is 0.188. The average molecular weight is 268 g/mol. The molecule has 1 aliphatic rings. The third kappa shape index (κ3) is 3.10. The monoisotopic (exact) mass is 268 g/mol. The number of hydrogen-bond donors (Lipinski definition) is 1. The molecule has 1 aliphatic heterocycles. The molecule has 0 amide bonds. The van der Waals surface area contributed by atoms with Gasteiger partial charge in [-0.2, -0.15) is 11.8 Å². The standard InChI is InChI=1S/C13H16O4S/c1-16-12-7-9(13(14)15)4-5-11(12)17-10-3-2-6-18-8-10/h4-5,7,10H,2-3,6,8H2,1H3,(H,14,15). The molecule has 1 heterocycles. The maximum absolute atomic E-state index is 10.9. The molecule has 1 atom stereocenters. The van der Waals surface area contributed by atoms with Gasteiger partial charge < -0.3 is 14.6 Å². The van der Waals surface area contributed by atoms with Gasteiger partial charge in [0.1, 0.15) is 6.10 Å². The van der Waals surface area contributed by atoms with Gasteiger partial charge in [-0.15, -0.1) is 0 Å². The number of rotatable bonds is 4. The van der Waals surface area contributed by atoms with Crippen LogP contribution < -0.4 is 9.47 Å².